The second-order valence-corrected chi connectivity index (χ2v) is 6.72. The summed E-state index contributed by atoms with van der Waals surface area (Å²) < 4.78 is 1.44. The Morgan fingerprint density at radius 2 is 2.07 bits per heavy atom. The van der Waals surface area contributed by atoms with Crippen LogP contribution in [0.3, 0.4) is 0 Å². The zero-order valence-corrected chi connectivity index (χ0v) is 15.8. The number of nitriles is 1. The Hall–Kier alpha value is -3.96. The molecule has 0 fully saturated rings. The number of pyridine rings is 1. The van der Waals surface area contributed by atoms with Crippen molar-refractivity contribution in [3.63, 3.8) is 0 Å². The molecule has 1 N–H and O–H groups in total. The number of benzene rings is 2. The second kappa shape index (κ2) is 6.89. The van der Waals surface area contributed by atoms with Gasteiger partial charge in [0, 0.05) is 18.3 Å². The second-order valence-electron chi connectivity index (χ2n) is 6.31. The largest absolute Gasteiger partial charge is 0.338 e. The van der Waals surface area contributed by atoms with E-state index in [1.54, 1.807) is 19.1 Å². The number of rotatable bonds is 3. The molecule has 0 unspecified atom stereocenters. The van der Waals surface area contributed by atoms with E-state index in [1.165, 1.54) is 28.8 Å². The van der Waals surface area contributed by atoms with E-state index in [-0.39, 0.29) is 27.5 Å². The van der Waals surface area contributed by atoms with Gasteiger partial charge in [0.05, 0.1) is 37.8 Å². The van der Waals surface area contributed by atoms with E-state index < -0.39 is 4.92 Å². The van der Waals surface area contributed by atoms with E-state index in [9.17, 15) is 20.2 Å². The van der Waals surface area contributed by atoms with Crippen LogP contribution in [0.2, 0.25) is 5.02 Å². The standard InChI is InChI=1S/C20H12ClN5O3/c1-11-13(9-22)19-24-17-4-2-3-5-18(17)25(19)20(27)14(11)10-23-16-7-6-12(26(28)29)8-15(16)21/h2-8,10,24H,1H3. The summed E-state index contributed by atoms with van der Waals surface area (Å²) in [5.41, 5.74) is 2.62. The number of nitrogens with one attached hydrogen (secondary N) is 1. The maximum Gasteiger partial charge on any atom is 0.271 e. The molecule has 0 bridgehead atoms. The number of aromatic amines is 1. The zero-order valence-electron chi connectivity index (χ0n) is 15.0. The predicted molar refractivity (Wildman–Crippen MR) is 110 cm³/mol. The number of nitrogens with zero attached hydrogens (tertiary/aromatic N) is 4. The highest BCUT2D eigenvalue weighted by Crippen LogP contribution is 2.29. The van der Waals surface area contributed by atoms with Crippen molar-refractivity contribution in [1.29, 1.82) is 5.26 Å². The Bertz CT molecular complexity index is 1440. The third kappa shape index (κ3) is 2.94. The minimum absolute atomic E-state index is 0.0851. The lowest BCUT2D eigenvalue weighted by molar-refractivity contribution is -0.384. The van der Waals surface area contributed by atoms with Crippen LogP contribution < -0.4 is 5.56 Å². The molecule has 4 rings (SSSR count). The number of aliphatic imine (C=N–C) groups is 1. The molecule has 2 heterocycles. The van der Waals surface area contributed by atoms with Crippen LogP contribution in [0.5, 0.6) is 0 Å². The molecule has 8 nitrogen and oxygen atoms in total. The lowest BCUT2D eigenvalue weighted by atomic mass is 10.1. The molecule has 0 spiro atoms. The normalized spacial score (nSPS) is 11.3. The molecule has 0 aliphatic carbocycles. The molecule has 0 aliphatic rings. The van der Waals surface area contributed by atoms with Crippen molar-refractivity contribution < 1.29 is 4.92 Å². The van der Waals surface area contributed by atoms with Crippen LogP contribution in [-0.4, -0.2) is 20.5 Å². The van der Waals surface area contributed by atoms with Gasteiger partial charge in [0.2, 0.25) is 0 Å². The molecular weight excluding hydrogens is 394 g/mol. The van der Waals surface area contributed by atoms with Crippen molar-refractivity contribution in [1.82, 2.24) is 9.38 Å². The molecule has 9 heteroatoms. The third-order valence-corrected chi connectivity index (χ3v) is 4.96. The first-order chi connectivity index (χ1) is 13.9. The summed E-state index contributed by atoms with van der Waals surface area (Å²) in [6.45, 7) is 1.67. The highest BCUT2D eigenvalue weighted by molar-refractivity contribution is 6.33. The molecule has 0 saturated carbocycles. The Morgan fingerprint density at radius 1 is 1.31 bits per heavy atom. The van der Waals surface area contributed by atoms with Crippen molar-refractivity contribution in [2.24, 2.45) is 4.99 Å². The van der Waals surface area contributed by atoms with Crippen molar-refractivity contribution >= 4 is 45.9 Å². The molecule has 29 heavy (non-hydrogen) atoms. The molecule has 0 saturated heterocycles. The lowest BCUT2D eigenvalue weighted by Gasteiger charge is -2.05. The van der Waals surface area contributed by atoms with E-state index in [1.807, 2.05) is 12.1 Å². The summed E-state index contributed by atoms with van der Waals surface area (Å²) in [6.07, 6.45) is 1.33. The number of H-pyrrole nitrogens is 1. The monoisotopic (exact) mass is 405 g/mol. The van der Waals surface area contributed by atoms with Gasteiger partial charge in [0.25, 0.3) is 11.2 Å². The van der Waals surface area contributed by atoms with E-state index in [0.29, 0.717) is 22.3 Å². The number of para-hydroxylation sites is 2. The Balaban J connectivity index is 1.94. The Labute approximate surface area is 168 Å². The van der Waals surface area contributed by atoms with E-state index in [0.717, 1.165) is 5.52 Å². The molecule has 2 aromatic heterocycles. The fraction of sp³-hybridized carbons (Fsp3) is 0.0500. The smallest absolute Gasteiger partial charge is 0.271 e. The van der Waals surface area contributed by atoms with Crippen molar-refractivity contribution in [3.05, 3.63) is 84.6 Å². The Kier molecular flexibility index (Phi) is 4.37. The van der Waals surface area contributed by atoms with Gasteiger partial charge in [-0.2, -0.15) is 5.26 Å². The highest BCUT2D eigenvalue weighted by atomic mass is 35.5. The quantitative estimate of drug-likeness (QED) is 0.311. The van der Waals surface area contributed by atoms with Crippen LogP contribution in [0.25, 0.3) is 16.7 Å². The number of aromatic nitrogens is 2. The molecular formula is C20H12ClN5O3. The van der Waals surface area contributed by atoms with Crippen molar-refractivity contribution in [2.45, 2.75) is 6.92 Å². The molecule has 0 aliphatic heterocycles. The summed E-state index contributed by atoms with van der Waals surface area (Å²) in [7, 11) is 0. The number of nitro groups is 1. The van der Waals surface area contributed by atoms with Gasteiger partial charge in [0.1, 0.15) is 11.7 Å². The number of nitro benzene ring substituents is 1. The van der Waals surface area contributed by atoms with Crippen LogP contribution in [0.1, 0.15) is 16.7 Å². The number of hydrogen-bond acceptors (Lipinski definition) is 5. The van der Waals surface area contributed by atoms with E-state index in [2.05, 4.69) is 16.0 Å². The number of non-ortho nitro benzene ring substituents is 1. The SMILES string of the molecule is Cc1c(C=Nc2ccc([N+](=O)[O-])cc2Cl)c(=O)n2c([nH]c3ccccc32)c1C#N. The first-order valence-electron chi connectivity index (χ1n) is 8.46. The molecule has 142 valence electrons. The summed E-state index contributed by atoms with van der Waals surface area (Å²) in [5, 5.41) is 20.6. The van der Waals surface area contributed by atoms with Gasteiger partial charge in [-0.3, -0.25) is 24.3 Å². The van der Waals surface area contributed by atoms with Gasteiger partial charge < -0.3 is 4.98 Å². The van der Waals surface area contributed by atoms with Gasteiger partial charge in [-0.25, -0.2) is 0 Å². The van der Waals surface area contributed by atoms with E-state index >= 15 is 0 Å². The zero-order chi connectivity index (χ0) is 20.7. The summed E-state index contributed by atoms with van der Waals surface area (Å²) in [4.78, 5) is 30.8. The fourth-order valence-corrected chi connectivity index (χ4v) is 3.42. The summed E-state index contributed by atoms with van der Waals surface area (Å²) in [5.74, 6) is 0. The molecule has 2 aromatic carbocycles. The van der Waals surface area contributed by atoms with Crippen LogP contribution >= 0.6 is 11.6 Å². The van der Waals surface area contributed by atoms with Crippen molar-refractivity contribution in [3.8, 4) is 6.07 Å². The Morgan fingerprint density at radius 3 is 2.76 bits per heavy atom. The predicted octanol–water partition coefficient (Wildman–Crippen LogP) is 4.27. The van der Waals surface area contributed by atoms with Gasteiger partial charge in [-0.05, 0) is 30.7 Å². The summed E-state index contributed by atoms with van der Waals surface area (Å²) in [6, 6.07) is 13.3. The molecule has 0 atom stereocenters. The van der Waals surface area contributed by atoms with Crippen molar-refractivity contribution in [2.75, 3.05) is 0 Å². The van der Waals surface area contributed by atoms with Gasteiger partial charge in [-0.1, -0.05) is 23.7 Å². The number of fused-ring (bicyclic) bond motifs is 3. The van der Waals surface area contributed by atoms with Gasteiger partial charge in [-0.15, -0.1) is 0 Å². The van der Waals surface area contributed by atoms with Crippen LogP contribution in [0.4, 0.5) is 11.4 Å². The molecule has 4 aromatic rings. The highest BCUT2D eigenvalue weighted by Gasteiger charge is 2.17. The number of halogens is 1. The molecule has 0 radical (unpaired) electrons. The average Bonchev–Trinajstić information content (AvgIpc) is 3.08. The molecule has 0 amide bonds. The average molecular weight is 406 g/mol. The summed E-state index contributed by atoms with van der Waals surface area (Å²) >= 11 is 6.07. The maximum absolute atomic E-state index is 13.2. The topological polar surface area (TPSA) is 117 Å². The van der Waals surface area contributed by atoms with Gasteiger partial charge in [0.15, 0.2) is 0 Å². The van der Waals surface area contributed by atoms with E-state index in [4.69, 9.17) is 11.6 Å². The van der Waals surface area contributed by atoms with Gasteiger partial charge >= 0.3 is 0 Å². The first kappa shape index (κ1) is 18.4. The first-order valence-corrected chi connectivity index (χ1v) is 8.84. The van der Waals surface area contributed by atoms with Crippen LogP contribution in [-0.2, 0) is 0 Å². The number of imidazole rings is 1. The minimum atomic E-state index is -0.556. The lowest BCUT2D eigenvalue weighted by Crippen LogP contribution is -2.20. The number of hydrogen-bond donors (Lipinski definition) is 1. The van der Waals surface area contributed by atoms with Crippen LogP contribution in [0, 0.1) is 28.4 Å². The minimum Gasteiger partial charge on any atom is -0.338 e. The maximum atomic E-state index is 13.2. The fourth-order valence-electron chi connectivity index (χ4n) is 3.19. The third-order valence-electron chi connectivity index (χ3n) is 4.66. The van der Waals surface area contributed by atoms with Crippen LogP contribution in [0.15, 0.2) is 52.3 Å².